The summed E-state index contributed by atoms with van der Waals surface area (Å²) in [4.78, 5) is 34.4. The number of ether oxygens (including phenoxy) is 2. The average molecular weight is 449 g/mol. The fraction of sp³-hybridized carbons (Fsp3) is 0.450. The van der Waals surface area contributed by atoms with E-state index < -0.39 is 24.5 Å². The zero-order valence-corrected chi connectivity index (χ0v) is 17.6. The monoisotopic (exact) mass is 449 g/mol. The van der Waals surface area contributed by atoms with Gasteiger partial charge in [0.25, 0.3) is 5.88 Å². The lowest BCUT2D eigenvalue weighted by Crippen LogP contribution is -2.50. The molecule has 2 aromatic rings. The van der Waals surface area contributed by atoms with Gasteiger partial charge in [-0.05, 0) is 19.1 Å². The number of aliphatic carboxylic acids is 2. The average Bonchev–Trinajstić information content (AvgIpc) is 2.78. The summed E-state index contributed by atoms with van der Waals surface area (Å²) in [5, 5.41) is 27.5. The molecule has 1 saturated heterocycles. The molecule has 0 radical (unpaired) electrons. The predicted molar refractivity (Wildman–Crippen MR) is 113 cm³/mol. The van der Waals surface area contributed by atoms with E-state index in [1.54, 1.807) is 24.8 Å². The number of aliphatic hydroxyl groups is 1. The first-order chi connectivity index (χ1) is 15.4. The van der Waals surface area contributed by atoms with Crippen LogP contribution in [0.1, 0.15) is 13.3 Å². The molecule has 3 heterocycles. The molecular formula is C20H27N5O7. The Kier molecular flexibility index (Phi) is 10.1. The van der Waals surface area contributed by atoms with Gasteiger partial charge in [0.15, 0.2) is 11.9 Å². The normalized spacial score (nSPS) is 16.3. The van der Waals surface area contributed by atoms with Crippen molar-refractivity contribution in [1.82, 2.24) is 20.3 Å². The number of carboxylic acid groups (broad SMARTS) is 2. The van der Waals surface area contributed by atoms with Crippen molar-refractivity contribution in [2.75, 3.05) is 37.7 Å². The van der Waals surface area contributed by atoms with Crippen LogP contribution in [-0.4, -0.2) is 87.2 Å². The van der Waals surface area contributed by atoms with Crippen molar-refractivity contribution < 1.29 is 34.4 Å². The summed E-state index contributed by atoms with van der Waals surface area (Å²) in [6, 6.07) is 4.06. The van der Waals surface area contributed by atoms with Crippen molar-refractivity contribution in [2.24, 2.45) is 0 Å². The van der Waals surface area contributed by atoms with Crippen LogP contribution in [0.5, 0.6) is 11.6 Å². The molecule has 174 valence electrons. The van der Waals surface area contributed by atoms with Crippen LogP contribution in [0.2, 0.25) is 0 Å². The third-order valence-electron chi connectivity index (χ3n) is 4.30. The number of hydrogen-bond donors (Lipinski definition) is 4. The Hall–Kier alpha value is -3.51. The maximum absolute atomic E-state index is 9.72. The smallest absolute Gasteiger partial charge is 0.333 e. The van der Waals surface area contributed by atoms with Gasteiger partial charge in [0.1, 0.15) is 19.0 Å². The summed E-state index contributed by atoms with van der Waals surface area (Å²) in [7, 11) is 0. The van der Waals surface area contributed by atoms with Crippen molar-refractivity contribution in [3.8, 4) is 11.6 Å². The maximum atomic E-state index is 9.72. The van der Waals surface area contributed by atoms with Crippen molar-refractivity contribution >= 4 is 17.8 Å². The molecule has 1 aliphatic rings. The molecule has 4 N–H and O–H groups in total. The predicted octanol–water partition coefficient (Wildman–Crippen LogP) is 0.0341. The number of carboxylic acids is 2. The fourth-order valence-corrected chi connectivity index (χ4v) is 2.76. The van der Waals surface area contributed by atoms with E-state index in [0.717, 1.165) is 31.2 Å². The number of hydrogen-bond acceptors (Lipinski definition) is 10. The first-order valence-corrected chi connectivity index (χ1v) is 9.95. The Bertz CT molecular complexity index is 855. The third kappa shape index (κ3) is 8.32. The van der Waals surface area contributed by atoms with Crippen molar-refractivity contribution in [3.63, 3.8) is 0 Å². The van der Waals surface area contributed by atoms with E-state index in [4.69, 9.17) is 24.8 Å². The Morgan fingerprint density at radius 3 is 2.59 bits per heavy atom. The Labute approximate surface area is 184 Å². The third-order valence-corrected chi connectivity index (χ3v) is 4.30. The van der Waals surface area contributed by atoms with Gasteiger partial charge in [-0.1, -0.05) is 0 Å². The van der Waals surface area contributed by atoms with Crippen molar-refractivity contribution in [2.45, 2.75) is 25.5 Å². The van der Waals surface area contributed by atoms with Crippen LogP contribution >= 0.6 is 0 Å². The van der Waals surface area contributed by atoms with Gasteiger partial charge in [-0.25, -0.2) is 14.8 Å². The van der Waals surface area contributed by atoms with Crippen LogP contribution < -0.4 is 19.7 Å². The standard InChI is InChI=1S/C16H21N5O2.C4H6O5/c1-13-11-18-7-8-21(13)15-16(20-6-5-19-15)23-10-9-22-14-3-2-4-17-12-14;5-2(4(8)9)1-3(6)7/h2-6,12-13,18H,7-11H2,1H3;2,5H,1H2,(H,6,7)(H,8,9)/t13-;2-/m10/s1. The summed E-state index contributed by atoms with van der Waals surface area (Å²) in [5.74, 6) is -0.771. The lowest BCUT2D eigenvalue weighted by Gasteiger charge is -2.35. The van der Waals surface area contributed by atoms with E-state index in [1.807, 2.05) is 12.1 Å². The van der Waals surface area contributed by atoms with Gasteiger partial charge in [-0.15, -0.1) is 0 Å². The number of aromatic nitrogens is 3. The topological polar surface area (TPSA) is 167 Å². The number of carbonyl (C=O) groups is 2. The number of anilines is 1. The summed E-state index contributed by atoms with van der Waals surface area (Å²) < 4.78 is 11.4. The highest BCUT2D eigenvalue weighted by Gasteiger charge is 2.23. The van der Waals surface area contributed by atoms with Gasteiger partial charge in [0.2, 0.25) is 0 Å². The van der Waals surface area contributed by atoms with Gasteiger partial charge in [0, 0.05) is 44.3 Å². The van der Waals surface area contributed by atoms with E-state index in [9.17, 15) is 9.59 Å². The van der Waals surface area contributed by atoms with Crippen LogP contribution in [0, 0.1) is 0 Å². The first kappa shape index (κ1) is 24.8. The summed E-state index contributed by atoms with van der Waals surface area (Å²) in [6.45, 7) is 5.75. The van der Waals surface area contributed by atoms with Gasteiger partial charge in [-0.3, -0.25) is 9.78 Å². The van der Waals surface area contributed by atoms with Gasteiger partial charge < -0.3 is 35.0 Å². The van der Waals surface area contributed by atoms with Crippen LogP contribution in [0.3, 0.4) is 0 Å². The highest BCUT2D eigenvalue weighted by molar-refractivity contribution is 5.79. The quantitative estimate of drug-likeness (QED) is 0.380. The lowest BCUT2D eigenvalue weighted by molar-refractivity contribution is -0.152. The molecule has 12 heteroatoms. The molecule has 0 saturated carbocycles. The van der Waals surface area contributed by atoms with Crippen molar-refractivity contribution in [1.29, 1.82) is 0 Å². The van der Waals surface area contributed by atoms with Crippen LogP contribution in [0.15, 0.2) is 36.9 Å². The van der Waals surface area contributed by atoms with E-state index in [1.165, 1.54) is 0 Å². The summed E-state index contributed by atoms with van der Waals surface area (Å²) in [5.41, 5.74) is 0. The second-order valence-corrected chi connectivity index (χ2v) is 6.77. The molecule has 3 rings (SSSR count). The second-order valence-electron chi connectivity index (χ2n) is 6.77. The van der Waals surface area contributed by atoms with Gasteiger partial charge >= 0.3 is 11.9 Å². The minimum Gasteiger partial charge on any atom is -0.488 e. The van der Waals surface area contributed by atoms with Crippen LogP contribution in [0.25, 0.3) is 0 Å². The zero-order chi connectivity index (χ0) is 23.3. The Morgan fingerprint density at radius 1 is 1.22 bits per heavy atom. The Morgan fingerprint density at radius 2 is 1.97 bits per heavy atom. The number of nitrogens with one attached hydrogen (secondary N) is 1. The Balaban J connectivity index is 0.000000344. The SMILES string of the molecule is C[C@@H]1CNCCN1c1nccnc1OCCOc1cccnc1.O=C(O)C[C@H](O)C(=O)O. The number of piperazine rings is 1. The number of nitrogens with zero attached hydrogens (tertiary/aromatic N) is 4. The van der Waals surface area contributed by atoms with E-state index in [2.05, 4.69) is 32.1 Å². The molecule has 12 nitrogen and oxygen atoms in total. The van der Waals surface area contributed by atoms with Crippen LogP contribution in [-0.2, 0) is 9.59 Å². The lowest BCUT2D eigenvalue weighted by atomic mass is 10.2. The molecule has 2 aromatic heterocycles. The van der Waals surface area contributed by atoms with Crippen molar-refractivity contribution in [3.05, 3.63) is 36.9 Å². The molecule has 0 aliphatic carbocycles. The molecule has 1 aliphatic heterocycles. The molecule has 1 fully saturated rings. The largest absolute Gasteiger partial charge is 0.488 e. The van der Waals surface area contributed by atoms with E-state index in [-0.39, 0.29) is 0 Å². The molecule has 0 bridgehead atoms. The molecule has 0 aromatic carbocycles. The summed E-state index contributed by atoms with van der Waals surface area (Å²) in [6.07, 6.45) is 4.19. The summed E-state index contributed by atoms with van der Waals surface area (Å²) >= 11 is 0. The molecule has 0 amide bonds. The highest BCUT2D eigenvalue weighted by atomic mass is 16.5. The molecule has 2 atom stereocenters. The van der Waals surface area contributed by atoms with Gasteiger partial charge in [0.05, 0.1) is 12.6 Å². The fourth-order valence-electron chi connectivity index (χ4n) is 2.76. The second kappa shape index (κ2) is 13.0. The number of rotatable bonds is 9. The maximum Gasteiger partial charge on any atom is 0.333 e. The number of pyridine rings is 1. The zero-order valence-electron chi connectivity index (χ0n) is 17.6. The first-order valence-electron chi connectivity index (χ1n) is 9.95. The van der Waals surface area contributed by atoms with Crippen LogP contribution in [0.4, 0.5) is 5.82 Å². The van der Waals surface area contributed by atoms with Gasteiger partial charge in [-0.2, -0.15) is 0 Å². The molecule has 32 heavy (non-hydrogen) atoms. The van der Waals surface area contributed by atoms with E-state index in [0.29, 0.717) is 25.1 Å². The number of aliphatic hydroxyl groups excluding tert-OH is 1. The molecular weight excluding hydrogens is 422 g/mol. The minimum atomic E-state index is -1.79. The molecule has 0 spiro atoms. The highest BCUT2D eigenvalue weighted by Crippen LogP contribution is 2.25. The molecule has 0 unspecified atom stereocenters. The van der Waals surface area contributed by atoms with E-state index >= 15 is 0 Å². The minimum absolute atomic E-state index is 0.356.